The fourth-order valence-corrected chi connectivity index (χ4v) is 4.28. The van der Waals surface area contributed by atoms with Crippen LogP contribution in [0.15, 0.2) is 58.0 Å². The first-order valence-electron chi connectivity index (χ1n) is 8.20. The summed E-state index contributed by atoms with van der Waals surface area (Å²) in [7, 11) is -2.74. The van der Waals surface area contributed by atoms with Gasteiger partial charge < -0.3 is 10.1 Å². The van der Waals surface area contributed by atoms with Crippen molar-refractivity contribution in [3.05, 3.63) is 64.4 Å². The van der Waals surface area contributed by atoms with Crippen molar-refractivity contribution >= 4 is 27.3 Å². The summed E-state index contributed by atoms with van der Waals surface area (Å²) in [6.07, 6.45) is -3.19. The van der Waals surface area contributed by atoms with Gasteiger partial charge in [-0.2, -0.15) is 13.2 Å². The third kappa shape index (κ3) is 4.91. The van der Waals surface area contributed by atoms with Gasteiger partial charge in [0.15, 0.2) is 5.76 Å². The number of nitrogens with one attached hydrogen (secondary N) is 1. The highest BCUT2D eigenvalue weighted by atomic mass is 35.5. The van der Waals surface area contributed by atoms with Crippen molar-refractivity contribution in [3.8, 4) is 5.75 Å². The van der Waals surface area contributed by atoms with Gasteiger partial charge in [-0.1, -0.05) is 11.6 Å². The number of hydrogen-bond acceptors (Lipinski definition) is 4. The minimum Gasteiger partial charge on any atom is -0.452 e. The number of allylic oxidation sites excluding steroid dienone is 1. The minimum atomic E-state index is -4.64. The Kier molecular flexibility index (Phi) is 6.64. The summed E-state index contributed by atoms with van der Waals surface area (Å²) < 4.78 is 69.5. The molecule has 29 heavy (non-hydrogen) atoms. The van der Waals surface area contributed by atoms with E-state index in [4.69, 9.17) is 16.3 Å². The second-order valence-corrected chi connectivity index (χ2v) is 8.23. The molecule has 2 rings (SSSR count). The van der Waals surface area contributed by atoms with E-state index < -0.39 is 37.4 Å². The van der Waals surface area contributed by atoms with E-state index in [1.807, 2.05) is 0 Å². The van der Waals surface area contributed by atoms with E-state index in [1.165, 1.54) is 31.3 Å². The maximum atomic E-state index is 12.8. The number of rotatable bonds is 5. The van der Waals surface area contributed by atoms with Crippen LogP contribution in [0.25, 0.3) is 0 Å². The van der Waals surface area contributed by atoms with Gasteiger partial charge in [0.25, 0.3) is 5.91 Å². The van der Waals surface area contributed by atoms with Crippen LogP contribution in [0.1, 0.15) is 18.1 Å². The maximum Gasteiger partial charge on any atom is 0.416 e. The van der Waals surface area contributed by atoms with Gasteiger partial charge in [-0.05, 0) is 61.9 Å². The number of amides is 1. The maximum absolute atomic E-state index is 12.8. The predicted octanol–water partition coefficient (Wildman–Crippen LogP) is 4.53. The molecule has 0 heterocycles. The lowest BCUT2D eigenvalue weighted by atomic mass is 10.2. The Balaban J connectivity index is 2.42. The Hall–Kier alpha value is -2.52. The predicted molar refractivity (Wildman–Crippen MR) is 102 cm³/mol. The van der Waals surface area contributed by atoms with E-state index in [9.17, 15) is 26.4 Å². The summed E-state index contributed by atoms with van der Waals surface area (Å²) in [5.74, 6) is -0.184. The van der Waals surface area contributed by atoms with Crippen molar-refractivity contribution in [2.24, 2.45) is 0 Å². The molecule has 0 saturated heterocycles. The van der Waals surface area contributed by atoms with Crippen molar-refractivity contribution < 1.29 is 31.1 Å². The molecule has 0 radical (unpaired) electrons. The summed E-state index contributed by atoms with van der Waals surface area (Å²) >= 11 is 5.82. The number of ether oxygens (including phenoxy) is 1. The molecule has 0 saturated carbocycles. The third-order valence-electron chi connectivity index (χ3n) is 3.94. The normalized spacial score (nSPS) is 12.6. The molecule has 0 aliphatic heterocycles. The molecule has 0 atom stereocenters. The molecule has 2 aromatic rings. The Morgan fingerprint density at radius 2 is 1.83 bits per heavy atom. The quantitative estimate of drug-likeness (QED) is 0.540. The number of carbonyl (C=O) groups excluding carboxylic acids is 1. The van der Waals surface area contributed by atoms with Crippen LogP contribution in [-0.4, -0.2) is 21.4 Å². The lowest BCUT2D eigenvalue weighted by Gasteiger charge is -2.14. The van der Waals surface area contributed by atoms with Crippen molar-refractivity contribution in [2.75, 3.05) is 7.05 Å². The van der Waals surface area contributed by atoms with Crippen LogP contribution in [-0.2, 0) is 20.8 Å². The molecule has 0 aliphatic rings. The van der Waals surface area contributed by atoms with Gasteiger partial charge >= 0.3 is 6.18 Å². The first-order valence-corrected chi connectivity index (χ1v) is 10.1. The topological polar surface area (TPSA) is 72.5 Å². The second-order valence-electron chi connectivity index (χ2n) is 5.91. The fraction of sp³-hybridized carbons (Fsp3) is 0.211. The zero-order chi connectivity index (χ0) is 22.0. The molecule has 10 heteroatoms. The van der Waals surface area contributed by atoms with Gasteiger partial charge in [-0.3, -0.25) is 4.79 Å². The molecule has 0 fully saturated rings. The van der Waals surface area contributed by atoms with Crippen LogP contribution in [0.5, 0.6) is 5.75 Å². The number of alkyl halides is 3. The Morgan fingerprint density at radius 1 is 1.17 bits per heavy atom. The molecule has 0 aromatic heterocycles. The molecular weight excluding hydrogens is 431 g/mol. The smallest absolute Gasteiger partial charge is 0.416 e. The average Bonchev–Trinajstić information content (AvgIpc) is 2.65. The van der Waals surface area contributed by atoms with Gasteiger partial charge in [0.05, 0.1) is 20.4 Å². The highest BCUT2D eigenvalue weighted by Gasteiger charge is 2.32. The zero-order valence-electron chi connectivity index (χ0n) is 15.6. The van der Waals surface area contributed by atoms with Gasteiger partial charge in [-0.15, -0.1) is 0 Å². The number of benzene rings is 2. The van der Waals surface area contributed by atoms with Crippen molar-refractivity contribution in [1.29, 1.82) is 0 Å². The first-order chi connectivity index (χ1) is 13.4. The molecule has 2 aromatic carbocycles. The summed E-state index contributed by atoms with van der Waals surface area (Å²) in [6, 6.07) is 5.92. The highest BCUT2D eigenvalue weighted by molar-refractivity contribution is 7.91. The molecule has 0 bridgehead atoms. The minimum absolute atomic E-state index is 0.0250. The summed E-state index contributed by atoms with van der Waals surface area (Å²) in [5, 5.41) is 1.88. The van der Waals surface area contributed by atoms with Crippen LogP contribution in [0.3, 0.4) is 0 Å². The van der Waals surface area contributed by atoms with Crippen molar-refractivity contribution in [2.45, 2.75) is 29.8 Å². The monoisotopic (exact) mass is 447 g/mol. The number of sulfone groups is 1. The molecule has 0 unspecified atom stereocenters. The van der Waals surface area contributed by atoms with Crippen molar-refractivity contribution in [1.82, 2.24) is 5.32 Å². The summed E-state index contributed by atoms with van der Waals surface area (Å²) in [5.41, 5.74) is -0.646. The Morgan fingerprint density at radius 3 is 2.31 bits per heavy atom. The number of likely N-dealkylation sites (N-methyl/N-ethyl adjacent to an activating group) is 1. The molecule has 5 nitrogen and oxygen atoms in total. The number of aryl methyl sites for hydroxylation is 1. The highest BCUT2D eigenvalue weighted by Crippen LogP contribution is 2.36. The van der Waals surface area contributed by atoms with E-state index in [0.717, 1.165) is 6.07 Å². The van der Waals surface area contributed by atoms with Gasteiger partial charge in [-0.25, -0.2) is 8.42 Å². The Bertz CT molecular complexity index is 1080. The van der Waals surface area contributed by atoms with Crippen LogP contribution < -0.4 is 10.1 Å². The first kappa shape index (κ1) is 22.8. The molecular formula is C19H17ClF3NO4S. The van der Waals surface area contributed by atoms with E-state index in [2.05, 4.69) is 5.32 Å². The standard InChI is InChI=1S/C19H17ClF3NO4S/c1-4-15(18(25)24-3)28-16-7-6-13(9-11(16)2)29(26,27)17-8-5-12(10-14(17)20)19(21,22)23/h4-10H,1-3H3,(H,24,25)/b15-4-. The lowest BCUT2D eigenvalue weighted by molar-refractivity contribution is -0.137. The van der Waals surface area contributed by atoms with Gasteiger partial charge in [0.1, 0.15) is 5.75 Å². The molecule has 0 aliphatic carbocycles. The number of halogens is 4. The molecule has 0 spiro atoms. The molecule has 1 N–H and O–H groups in total. The van der Waals surface area contributed by atoms with Crippen LogP contribution >= 0.6 is 11.6 Å². The van der Waals surface area contributed by atoms with E-state index >= 15 is 0 Å². The van der Waals surface area contributed by atoms with E-state index in [-0.39, 0.29) is 16.4 Å². The Labute approximate surface area is 171 Å². The number of carbonyl (C=O) groups is 1. The largest absolute Gasteiger partial charge is 0.452 e. The van der Waals surface area contributed by atoms with E-state index in [1.54, 1.807) is 13.8 Å². The van der Waals surface area contributed by atoms with Gasteiger partial charge in [0, 0.05) is 7.05 Å². The lowest BCUT2D eigenvalue weighted by Crippen LogP contribution is -2.23. The zero-order valence-corrected chi connectivity index (χ0v) is 17.2. The molecule has 1 amide bonds. The average molecular weight is 448 g/mol. The van der Waals surface area contributed by atoms with E-state index in [0.29, 0.717) is 17.7 Å². The fourth-order valence-electron chi connectivity index (χ4n) is 2.40. The van der Waals surface area contributed by atoms with Crippen LogP contribution in [0, 0.1) is 6.92 Å². The van der Waals surface area contributed by atoms with Crippen molar-refractivity contribution in [3.63, 3.8) is 0 Å². The number of hydrogen-bond donors (Lipinski definition) is 1. The summed E-state index contributed by atoms with van der Waals surface area (Å²) in [4.78, 5) is 11.1. The SMILES string of the molecule is C/C=C(\Oc1ccc(S(=O)(=O)c2ccc(C(F)(F)F)cc2Cl)cc1C)C(=O)NC. The molecule has 156 valence electrons. The van der Waals surface area contributed by atoms with Crippen LogP contribution in [0.2, 0.25) is 5.02 Å². The second kappa shape index (κ2) is 8.46. The third-order valence-corrected chi connectivity index (χ3v) is 6.17. The van der Waals surface area contributed by atoms with Crippen LogP contribution in [0.4, 0.5) is 13.2 Å². The van der Waals surface area contributed by atoms with Gasteiger partial charge in [0.2, 0.25) is 9.84 Å². The summed E-state index contributed by atoms with van der Waals surface area (Å²) in [6.45, 7) is 3.17.